The second-order valence-corrected chi connectivity index (χ2v) is 5.20. The minimum atomic E-state index is -0.183. The van der Waals surface area contributed by atoms with Gasteiger partial charge in [-0.2, -0.15) is 4.98 Å². The number of aromatic amines is 1. The molecule has 1 N–H and O–H groups in total. The van der Waals surface area contributed by atoms with Crippen LogP contribution in [0, 0.1) is 0 Å². The number of hydrogen-bond acceptors (Lipinski definition) is 6. The molecule has 0 aliphatic carbocycles. The van der Waals surface area contributed by atoms with E-state index in [1.54, 1.807) is 37.6 Å². The van der Waals surface area contributed by atoms with Gasteiger partial charge in [-0.1, -0.05) is 0 Å². The number of pyridine rings is 1. The first kappa shape index (κ1) is 16.6. The van der Waals surface area contributed by atoms with E-state index in [9.17, 15) is 4.79 Å². The Morgan fingerprint density at radius 1 is 0.960 bits per heavy atom. The van der Waals surface area contributed by atoms with E-state index in [4.69, 9.17) is 18.9 Å². The Labute approximate surface area is 144 Å². The predicted octanol–water partition coefficient (Wildman–Crippen LogP) is 2.83. The number of nitrogens with one attached hydrogen (secondary N) is 1. The molecule has 0 unspecified atom stereocenters. The average molecular weight is 342 g/mol. The van der Waals surface area contributed by atoms with Gasteiger partial charge >= 0.3 is 0 Å². The number of fused-ring (bicyclic) bond motifs is 1. The van der Waals surface area contributed by atoms with E-state index < -0.39 is 0 Å². The highest BCUT2D eigenvalue weighted by Crippen LogP contribution is 2.39. The summed E-state index contributed by atoms with van der Waals surface area (Å²) in [7, 11) is 6.07. The number of carbonyl (C=O) groups is 1. The molecule has 7 heteroatoms. The smallest absolute Gasteiger partial charge is 0.214 e. The van der Waals surface area contributed by atoms with Gasteiger partial charge in [-0.3, -0.25) is 4.79 Å². The van der Waals surface area contributed by atoms with Crippen LogP contribution in [0.25, 0.3) is 11.0 Å². The minimum Gasteiger partial charge on any atom is -0.493 e. The zero-order valence-electron chi connectivity index (χ0n) is 14.4. The maximum absolute atomic E-state index is 13.0. The second kappa shape index (κ2) is 6.72. The average Bonchev–Trinajstić information content (AvgIpc) is 3.08. The van der Waals surface area contributed by atoms with Crippen LogP contribution >= 0.6 is 0 Å². The van der Waals surface area contributed by atoms with Crippen molar-refractivity contribution < 1.29 is 23.7 Å². The van der Waals surface area contributed by atoms with Gasteiger partial charge in [0.15, 0.2) is 17.3 Å². The number of ketones is 1. The van der Waals surface area contributed by atoms with E-state index in [1.165, 1.54) is 21.3 Å². The maximum Gasteiger partial charge on any atom is 0.214 e. The van der Waals surface area contributed by atoms with Crippen molar-refractivity contribution in [3.63, 3.8) is 0 Å². The molecular weight excluding hydrogens is 324 g/mol. The standard InChI is InChI=1S/C18H18N2O5/c1-22-13-7-10(8-14(23-2)17(13)25-4)16(21)12-9-19-18-11(12)5-6-15(20-18)24-3/h5-9H,1-4H3,(H,19,20). The van der Waals surface area contributed by atoms with Gasteiger partial charge in [0.25, 0.3) is 0 Å². The molecule has 0 fully saturated rings. The van der Waals surface area contributed by atoms with Crippen LogP contribution in [0.1, 0.15) is 15.9 Å². The maximum atomic E-state index is 13.0. The summed E-state index contributed by atoms with van der Waals surface area (Å²) in [6.45, 7) is 0. The monoisotopic (exact) mass is 342 g/mol. The molecule has 0 amide bonds. The first-order valence-corrected chi connectivity index (χ1v) is 7.49. The minimum absolute atomic E-state index is 0.183. The van der Waals surface area contributed by atoms with Crippen molar-refractivity contribution in [2.45, 2.75) is 0 Å². The molecule has 3 rings (SSSR count). The molecule has 0 spiro atoms. The summed E-state index contributed by atoms with van der Waals surface area (Å²) in [5.74, 6) is 1.57. The summed E-state index contributed by atoms with van der Waals surface area (Å²) in [5.41, 5.74) is 1.50. The van der Waals surface area contributed by atoms with Gasteiger partial charge < -0.3 is 23.9 Å². The Morgan fingerprint density at radius 3 is 2.20 bits per heavy atom. The lowest BCUT2D eigenvalue weighted by Crippen LogP contribution is -2.03. The molecule has 0 radical (unpaired) electrons. The van der Waals surface area contributed by atoms with Gasteiger partial charge in [0.1, 0.15) is 5.65 Å². The molecule has 7 nitrogen and oxygen atoms in total. The SMILES string of the molecule is COc1ccc2c(C(=O)c3cc(OC)c(OC)c(OC)c3)c[nH]c2n1. The highest BCUT2D eigenvalue weighted by Gasteiger charge is 2.20. The largest absolute Gasteiger partial charge is 0.493 e. The molecule has 1 aromatic carbocycles. The van der Waals surface area contributed by atoms with Crippen LogP contribution < -0.4 is 18.9 Å². The fourth-order valence-corrected chi connectivity index (χ4v) is 2.66. The van der Waals surface area contributed by atoms with Crippen molar-refractivity contribution in [1.29, 1.82) is 0 Å². The van der Waals surface area contributed by atoms with Crippen LogP contribution in [-0.2, 0) is 0 Å². The van der Waals surface area contributed by atoms with Crippen LogP contribution in [0.2, 0.25) is 0 Å². The highest BCUT2D eigenvalue weighted by atomic mass is 16.5. The number of aromatic nitrogens is 2. The van der Waals surface area contributed by atoms with Crippen molar-refractivity contribution in [2.75, 3.05) is 28.4 Å². The number of methoxy groups -OCH3 is 4. The fourth-order valence-electron chi connectivity index (χ4n) is 2.66. The summed E-state index contributed by atoms with van der Waals surface area (Å²) in [4.78, 5) is 20.3. The van der Waals surface area contributed by atoms with Gasteiger partial charge in [0, 0.05) is 28.8 Å². The van der Waals surface area contributed by atoms with Crippen molar-refractivity contribution in [3.05, 3.63) is 41.6 Å². The molecule has 0 aliphatic rings. The topological polar surface area (TPSA) is 82.7 Å². The van der Waals surface area contributed by atoms with Gasteiger partial charge in [-0.05, 0) is 18.2 Å². The van der Waals surface area contributed by atoms with Crippen LogP contribution in [-0.4, -0.2) is 44.2 Å². The third kappa shape index (κ3) is 2.84. The van der Waals surface area contributed by atoms with E-state index in [0.29, 0.717) is 45.3 Å². The normalized spacial score (nSPS) is 10.6. The molecule has 0 aliphatic heterocycles. The Balaban J connectivity index is 2.09. The molecule has 0 saturated carbocycles. The molecular formula is C18H18N2O5. The van der Waals surface area contributed by atoms with E-state index in [1.807, 2.05) is 0 Å². The van der Waals surface area contributed by atoms with Gasteiger partial charge in [-0.25, -0.2) is 0 Å². The highest BCUT2D eigenvalue weighted by molar-refractivity contribution is 6.16. The van der Waals surface area contributed by atoms with Crippen molar-refractivity contribution in [1.82, 2.24) is 9.97 Å². The summed E-state index contributed by atoms with van der Waals surface area (Å²) in [6, 6.07) is 6.75. The molecule has 0 bridgehead atoms. The molecule has 3 aromatic rings. The summed E-state index contributed by atoms with van der Waals surface area (Å²) >= 11 is 0. The van der Waals surface area contributed by atoms with E-state index in [0.717, 1.165) is 0 Å². The lowest BCUT2D eigenvalue weighted by Gasteiger charge is -2.13. The first-order valence-electron chi connectivity index (χ1n) is 7.49. The number of nitrogens with zero attached hydrogens (tertiary/aromatic N) is 1. The third-order valence-corrected chi connectivity index (χ3v) is 3.89. The third-order valence-electron chi connectivity index (χ3n) is 3.89. The second-order valence-electron chi connectivity index (χ2n) is 5.20. The number of rotatable bonds is 6. The Hall–Kier alpha value is -3.22. The summed E-state index contributed by atoms with van der Waals surface area (Å²) in [6.07, 6.45) is 1.63. The van der Waals surface area contributed by atoms with Gasteiger partial charge in [-0.15, -0.1) is 0 Å². The number of carbonyl (C=O) groups excluding carboxylic acids is 1. The predicted molar refractivity (Wildman–Crippen MR) is 92.2 cm³/mol. The molecule has 0 atom stereocenters. The van der Waals surface area contributed by atoms with Crippen molar-refractivity contribution >= 4 is 16.8 Å². The molecule has 0 saturated heterocycles. The molecule has 130 valence electrons. The summed E-state index contributed by atoms with van der Waals surface area (Å²) < 4.78 is 21.0. The zero-order chi connectivity index (χ0) is 18.0. The first-order chi connectivity index (χ1) is 12.1. The molecule has 25 heavy (non-hydrogen) atoms. The Kier molecular flexibility index (Phi) is 4.47. The van der Waals surface area contributed by atoms with E-state index in [-0.39, 0.29) is 5.78 Å². The number of ether oxygens (including phenoxy) is 4. The Morgan fingerprint density at radius 2 is 1.64 bits per heavy atom. The summed E-state index contributed by atoms with van der Waals surface area (Å²) in [5, 5.41) is 0.708. The quantitative estimate of drug-likeness (QED) is 0.694. The Bertz CT molecular complexity index is 907. The molecule has 2 aromatic heterocycles. The van der Waals surface area contributed by atoms with Crippen molar-refractivity contribution in [3.8, 4) is 23.1 Å². The van der Waals surface area contributed by atoms with Crippen LogP contribution in [0.3, 0.4) is 0 Å². The molecule has 2 heterocycles. The lowest BCUT2D eigenvalue weighted by molar-refractivity contribution is 0.103. The fraction of sp³-hybridized carbons (Fsp3) is 0.222. The van der Waals surface area contributed by atoms with Gasteiger partial charge in [0.2, 0.25) is 11.6 Å². The van der Waals surface area contributed by atoms with E-state index in [2.05, 4.69) is 9.97 Å². The van der Waals surface area contributed by atoms with Crippen molar-refractivity contribution in [2.24, 2.45) is 0 Å². The van der Waals surface area contributed by atoms with Crippen LogP contribution in [0.15, 0.2) is 30.5 Å². The lowest BCUT2D eigenvalue weighted by atomic mass is 10.0. The van der Waals surface area contributed by atoms with E-state index >= 15 is 0 Å². The number of hydrogen-bond donors (Lipinski definition) is 1. The van der Waals surface area contributed by atoms with Crippen LogP contribution in [0.4, 0.5) is 0 Å². The number of H-pyrrole nitrogens is 1. The van der Waals surface area contributed by atoms with Crippen LogP contribution in [0.5, 0.6) is 23.1 Å². The number of benzene rings is 1. The zero-order valence-corrected chi connectivity index (χ0v) is 14.4. The van der Waals surface area contributed by atoms with Gasteiger partial charge in [0.05, 0.1) is 28.4 Å².